The molecule has 1 N–H and O–H groups in total. The SMILES string of the molecule is OCC(F)c1ccc2c(c1)OCCC2. The molecule has 0 aliphatic carbocycles. The summed E-state index contributed by atoms with van der Waals surface area (Å²) >= 11 is 0. The predicted molar refractivity (Wildman–Crippen MR) is 51.2 cm³/mol. The van der Waals surface area contributed by atoms with Gasteiger partial charge in [0.05, 0.1) is 13.2 Å². The molecule has 1 atom stereocenters. The van der Waals surface area contributed by atoms with Crippen molar-refractivity contribution in [2.24, 2.45) is 0 Å². The molecule has 0 fully saturated rings. The number of hydrogen-bond acceptors (Lipinski definition) is 2. The first kappa shape index (κ1) is 9.46. The number of aryl methyl sites for hydroxylation is 1. The lowest BCUT2D eigenvalue weighted by molar-refractivity contribution is 0.179. The van der Waals surface area contributed by atoms with Gasteiger partial charge in [-0.05, 0) is 30.0 Å². The van der Waals surface area contributed by atoms with Crippen LogP contribution in [0.25, 0.3) is 0 Å². The van der Waals surface area contributed by atoms with Gasteiger partial charge in [0, 0.05) is 0 Å². The van der Waals surface area contributed by atoms with Crippen LogP contribution in [0.5, 0.6) is 5.75 Å². The highest BCUT2D eigenvalue weighted by molar-refractivity contribution is 5.39. The Bertz CT molecular complexity index is 325. The fourth-order valence-corrected chi connectivity index (χ4v) is 1.66. The molecular weight excluding hydrogens is 183 g/mol. The molecular formula is C11H13FO2. The second-order valence-electron chi connectivity index (χ2n) is 3.47. The zero-order valence-electron chi connectivity index (χ0n) is 7.87. The minimum absolute atomic E-state index is 0.473. The van der Waals surface area contributed by atoms with E-state index in [1.165, 1.54) is 0 Å². The smallest absolute Gasteiger partial charge is 0.148 e. The number of fused-ring (bicyclic) bond motifs is 1. The highest BCUT2D eigenvalue weighted by Gasteiger charge is 2.14. The molecule has 1 unspecified atom stereocenters. The molecule has 3 heteroatoms. The van der Waals surface area contributed by atoms with E-state index in [0.717, 1.165) is 24.2 Å². The highest BCUT2D eigenvalue weighted by atomic mass is 19.1. The van der Waals surface area contributed by atoms with E-state index < -0.39 is 12.8 Å². The Morgan fingerprint density at radius 1 is 1.50 bits per heavy atom. The summed E-state index contributed by atoms with van der Waals surface area (Å²) < 4.78 is 18.5. The van der Waals surface area contributed by atoms with Crippen LogP contribution in [0.3, 0.4) is 0 Å². The Morgan fingerprint density at radius 2 is 2.36 bits per heavy atom. The number of ether oxygens (including phenoxy) is 1. The second kappa shape index (κ2) is 3.96. The number of hydrogen-bond donors (Lipinski definition) is 1. The summed E-state index contributed by atoms with van der Waals surface area (Å²) in [7, 11) is 0. The second-order valence-corrected chi connectivity index (χ2v) is 3.47. The summed E-state index contributed by atoms with van der Waals surface area (Å²) in [5, 5.41) is 8.68. The van der Waals surface area contributed by atoms with E-state index in [1.807, 2.05) is 6.07 Å². The third-order valence-corrected chi connectivity index (χ3v) is 2.46. The molecule has 0 saturated carbocycles. The monoisotopic (exact) mass is 196 g/mol. The summed E-state index contributed by atoms with van der Waals surface area (Å²) in [6.45, 7) is 0.227. The van der Waals surface area contributed by atoms with E-state index >= 15 is 0 Å². The van der Waals surface area contributed by atoms with Crippen LogP contribution >= 0.6 is 0 Å². The van der Waals surface area contributed by atoms with Gasteiger partial charge in [0.25, 0.3) is 0 Å². The van der Waals surface area contributed by atoms with Crippen molar-refractivity contribution >= 4 is 0 Å². The lowest BCUT2D eigenvalue weighted by Crippen LogP contribution is -2.09. The van der Waals surface area contributed by atoms with Crippen LogP contribution in [0, 0.1) is 0 Å². The topological polar surface area (TPSA) is 29.5 Å². The van der Waals surface area contributed by atoms with Gasteiger partial charge in [-0.15, -0.1) is 0 Å². The van der Waals surface area contributed by atoms with Crippen LogP contribution in [0.4, 0.5) is 4.39 Å². The normalized spacial score (nSPS) is 17.0. The standard InChI is InChI=1S/C11H13FO2/c12-10(7-13)9-4-3-8-2-1-5-14-11(8)6-9/h3-4,6,10,13H,1-2,5,7H2. The third-order valence-electron chi connectivity index (χ3n) is 2.46. The minimum Gasteiger partial charge on any atom is -0.493 e. The first-order chi connectivity index (χ1) is 6.81. The van der Waals surface area contributed by atoms with Crippen molar-refractivity contribution in [1.82, 2.24) is 0 Å². The average Bonchev–Trinajstić information content (AvgIpc) is 2.27. The molecule has 1 aromatic carbocycles. The first-order valence-electron chi connectivity index (χ1n) is 4.82. The molecule has 0 spiro atoms. The molecule has 1 heterocycles. The van der Waals surface area contributed by atoms with Gasteiger partial charge in [0.2, 0.25) is 0 Å². The summed E-state index contributed by atoms with van der Waals surface area (Å²) in [4.78, 5) is 0. The van der Waals surface area contributed by atoms with Gasteiger partial charge in [-0.1, -0.05) is 12.1 Å². The van der Waals surface area contributed by atoms with Gasteiger partial charge in [-0.3, -0.25) is 0 Å². The quantitative estimate of drug-likeness (QED) is 0.784. The van der Waals surface area contributed by atoms with E-state index in [1.54, 1.807) is 12.1 Å². The number of halogens is 1. The molecule has 2 nitrogen and oxygen atoms in total. The van der Waals surface area contributed by atoms with E-state index in [9.17, 15) is 4.39 Å². The number of alkyl halides is 1. The number of rotatable bonds is 2. The Morgan fingerprint density at radius 3 is 3.14 bits per heavy atom. The Kier molecular flexibility index (Phi) is 2.68. The van der Waals surface area contributed by atoms with Crippen LogP contribution in [-0.2, 0) is 6.42 Å². The summed E-state index contributed by atoms with van der Waals surface area (Å²) in [5.41, 5.74) is 1.62. The predicted octanol–water partition coefficient (Wildman–Crippen LogP) is 2.01. The average molecular weight is 196 g/mol. The van der Waals surface area contributed by atoms with E-state index in [2.05, 4.69) is 0 Å². The minimum atomic E-state index is -1.30. The zero-order chi connectivity index (χ0) is 9.97. The molecule has 0 amide bonds. The lowest BCUT2D eigenvalue weighted by atomic mass is 10.0. The van der Waals surface area contributed by atoms with Crippen molar-refractivity contribution in [3.63, 3.8) is 0 Å². The Hall–Kier alpha value is -1.09. The molecule has 2 rings (SSSR count). The van der Waals surface area contributed by atoms with E-state index in [0.29, 0.717) is 12.2 Å². The van der Waals surface area contributed by atoms with Crippen LogP contribution in [-0.4, -0.2) is 18.3 Å². The zero-order valence-corrected chi connectivity index (χ0v) is 7.87. The number of aliphatic hydroxyl groups excluding tert-OH is 1. The van der Waals surface area contributed by atoms with Crippen LogP contribution in [0.15, 0.2) is 18.2 Å². The van der Waals surface area contributed by atoms with Crippen molar-refractivity contribution in [2.75, 3.05) is 13.2 Å². The van der Waals surface area contributed by atoms with Gasteiger partial charge < -0.3 is 9.84 Å². The summed E-state index contributed by atoms with van der Waals surface area (Å²) in [6.07, 6.45) is 0.711. The maximum absolute atomic E-state index is 13.1. The third kappa shape index (κ3) is 1.73. The van der Waals surface area contributed by atoms with E-state index in [4.69, 9.17) is 9.84 Å². The van der Waals surface area contributed by atoms with Crippen LogP contribution in [0.2, 0.25) is 0 Å². The molecule has 0 bridgehead atoms. The first-order valence-corrected chi connectivity index (χ1v) is 4.82. The van der Waals surface area contributed by atoms with Crippen molar-refractivity contribution in [2.45, 2.75) is 19.0 Å². The highest BCUT2D eigenvalue weighted by Crippen LogP contribution is 2.29. The van der Waals surface area contributed by atoms with Gasteiger partial charge >= 0.3 is 0 Å². The molecule has 0 saturated heterocycles. The van der Waals surface area contributed by atoms with Crippen LogP contribution in [0.1, 0.15) is 23.7 Å². The molecule has 1 aliphatic rings. The summed E-state index contributed by atoms with van der Waals surface area (Å²) in [6, 6.07) is 5.29. The largest absolute Gasteiger partial charge is 0.493 e. The van der Waals surface area contributed by atoms with Crippen LogP contribution < -0.4 is 4.74 Å². The maximum atomic E-state index is 13.1. The number of aliphatic hydroxyl groups is 1. The molecule has 14 heavy (non-hydrogen) atoms. The molecule has 1 aliphatic heterocycles. The fourth-order valence-electron chi connectivity index (χ4n) is 1.66. The molecule has 76 valence electrons. The van der Waals surface area contributed by atoms with Crippen molar-refractivity contribution in [1.29, 1.82) is 0 Å². The number of benzene rings is 1. The molecule has 0 aromatic heterocycles. The maximum Gasteiger partial charge on any atom is 0.148 e. The summed E-state index contributed by atoms with van der Waals surface area (Å²) in [5.74, 6) is 0.768. The Balaban J connectivity index is 2.29. The van der Waals surface area contributed by atoms with Crippen molar-refractivity contribution in [3.8, 4) is 5.75 Å². The van der Waals surface area contributed by atoms with Crippen molar-refractivity contribution in [3.05, 3.63) is 29.3 Å². The Labute approximate surface area is 82.3 Å². The van der Waals surface area contributed by atoms with E-state index in [-0.39, 0.29) is 0 Å². The van der Waals surface area contributed by atoms with Gasteiger partial charge in [0.1, 0.15) is 11.9 Å². The van der Waals surface area contributed by atoms with Gasteiger partial charge in [-0.2, -0.15) is 0 Å². The fraction of sp³-hybridized carbons (Fsp3) is 0.455. The van der Waals surface area contributed by atoms with Gasteiger partial charge in [-0.25, -0.2) is 4.39 Å². The molecule has 0 radical (unpaired) electrons. The van der Waals surface area contributed by atoms with Gasteiger partial charge in [0.15, 0.2) is 0 Å². The van der Waals surface area contributed by atoms with Crippen molar-refractivity contribution < 1.29 is 14.2 Å². The lowest BCUT2D eigenvalue weighted by Gasteiger charge is -2.18. The molecule has 1 aromatic rings.